The van der Waals surface area contributed by atoms with Gasteiger partial charge in [-0.15, -0.1) is 24.8 Å². The lowest BCUT2D eigenvalue weighted by Crippen LogP contribution is -2.34. The first-order valence-corrected chi connectivity index (χ1v) is 7.19. The predicted octanol–water partition coefficient (Wildman–Crippen LogP) is 3.55. The first kappa shape index (κ1) is 22.8. The second kappa shape index (κ2) is 9.34. The standard InChI is InChI=1S/C15H20F3N3O.2ClH/c1-21(2)13-4-3-11(15(16,17)18)9-12(13)20-14(22)10-5-7-19-8-6-10;;/h3-4,9-10,19H,5-8H2,1-2H3,(H,20,22);2*1H. The van der Waals surface area contributed by atoms with Crippen LogP contribution in [0, 0.1) is 5.92 Å². The van der Waals surface area contributed by atoms with E-state index in [0.717, 1.165) is 25.2 Å². The summed E-state index contributed by atoms with van der Waals surface area (Å²) in [6.45, 7) is 1.50. The Balaban J connectivity index is 0.00000264. The Bertz CT molecular complexity index is 547. The van der Waals surface area contributed by atoms with E-state index in [-0.39, 0.29) is 42.3 Å². The van der Waals surface area contributed by atoms with Gasteiger partial charge < -0.3 is 15.5 Å². The Hall–Kier alpha value is -1.18. The quantitative estimate of drug-likeness (QED) is 0.833. The van der Waals surface area contributed by atoms with Crippen molar-refractivity contribution >= 4 is 42.1 Å². The van der Waals surface area contributed by atoms with E-state index in [1.54, 1.807) is 19.0 Å². The number of nitrogens with one attached hydrogen (secondary N) is 2. The van der Waals surface area contributed by atoms with Crippen molar-refractivity contribution in [2.24, 2.45) is 5.92 Å². The lowest BCUT2D eigenvalue weighted by molar-refractivity contribution is -0.137. The molecule has 1 fully saturated rings. The SMILES string of the molecule is CN(C)c1ccc(C(F)(F)F)cc1NC(=O)C1CCNCC1.Cl.Cl. The van der Waals surface area contributed by atoms with E-state index in [1.165, 1.54) is 6.07 Å². The summed E-state index contributed by atoms with van der Waals surface area (Å²) in [5, 5.41) is 5.82. The second-order valence-electron chi connectivity index (χ2n) is 5.64. The molecule has 4 nitrogen and oxygen atoms in total. The molecule has 1 aliphatic heterocycles. The minimum absolute atomic E-state index is 0. The molecule has 1 aromatic carbocycles. The van der Waals surface area contributed by atoms with Crippen LogP contribution in [0.2, 0.25) is 0 Å². The van der Waals surface area contributed by atoms with Crippen molar-refractivity contribution < 1.29 is 18.0 Å². The molecule has 138 valence electrons. The van der Waals surface area contributed by atoms with Crippen molar-refractivity contribution in [1.82, 2.24) is 5.32 Å². The monoisotopic (exact) mass is 387 g/mol. The topological polar surface area (TPSA) is 44.4 Å². The molecule has 0 unspecified atom stereocenters. The third kappa shape index (κ3) is 5.72. The molecule has 0 saturated carbocycles. The van der Waals surface area contributed by atoms with E-state index in [1.807, 2.05) is 0 Å². The van der Waals surface area contributed by atoms with Crippen molar-refractivity contribution in [3.63, 3.8) is 0 Å². The van der Waals surface area contributed by atoms with Gasteiger partial charge in [0.25, 0.3) is 0 Å². The molecule has 1 heterocycles. The maximum atomic E-state index is 12.9. The second-order valence-corrected chi connectivity index (χ2v) is 5.64. The maximum absolute atomic E-state index is 12.9. The van der Waals surface area contributed by atoms with Crippen LogP contribution in [0.1, 0.15) is 18.4 Å². The molecule has 1 amide bonds. The van der Waals surface area contributed by atoms with Gasteiger partial charge in [0.15, 0.2) is 0 Å². The molecule has 2 rings (SSSR count). The number of hydrogen-bond donors (Lipinski definition) is 2. The number of carbonyl (C=O) groups is 1. The number of anilines is 2. The highest BCUT2D eigenvalue weighted by atomic mass is 35.5. The van der Waals surface area contributed by atoms with E-state index in [9.17, 15) is 18.0 Å². The summed E-state index contributed by atoms with van der Waals surface area (Å²) in [4.78, 5) is 13.9. The molecule has 24 heavy (non-hydrogen) atoms. The maximum Gasteiger partial charge on any atom is 0.416 e. The number of benzene rings is 1. The number of amides is 1. The van der Waals surface area contributed by atoms with E-state index in [4.69, 9.17) is 0 Å². The van der Waals surface area contributed by atoms with Gasteiger partial charge in [-0.2, -0.15) is 13.2 Å². The zero-order valence-electron chi connectivity index (χ0n) is 13.4. The number of hydrogen-bond acceptors (Lipinski definition) is 3. The Morgan fingerprint density at radius 1 is 1.21 bits per heavy atom. The zero-order chi connectivity index (χ0) is 16.3. The molecule has 0 spiro atoms. The normalized spacial score (nSPS) is 15.0. The summed E-state index contributed by atoms with van der Waals surface area (Å²) in [5.41, 5.74) is -0.0163. The fourth-order valence-corrected chi connectivity index (χ4v) is 2.52. The summed E-state index contributed by atoms with van der Waals surface area (Å²) in [7, 11) is 3.45. The van der Waals surface area contributed by atoms with Crippen LogP contribution in [-0.4, -0.2) is 33.1 Å². The minimum Gasteiger partial charge on any atom is -0.376 e. The van der Waals surface area contributed by atoms with E-state index in [2.05, 4.69) is 10.6 Å². The van der Waals surface area contributed by atoms with Crippen LogP contribution in [0.3, 0.4) is 0 Å². The lowest BCUT2D eigenvalue weighted by Gasteiger charge is -2.24. The average Bonchev–Trinajstić information content (AvgIpc) is 2.47. The molecule has 0 atom stereocenters. The average molecular weight is 388 g/mol. The molecule has 0 radical (unpaired) electrons. The van der Waals surface area contributed by atoms with Crippen LogP contribution < -0.4 is 15.5 Å². The number of piperidine rings is 1. The van der Waals surface area contributed by atoms with Crippen molar-refractivity contribution in [2.45, 2.75) is 19.0 Å². The van der Waals surface area contributed by atoms with Crippen LogP contribution >= 0.6 is 24.8 Å². The fraction of sp³-hybridized carbons (Fsp3) is 0.533. The van der Waals surface area contributed by atoms with Gasteiger partial charge in [-0.3, -0.25) is 4.79 Å². The van der Waals surface area contributed by atoms with Crippen molar-refractivity contribution in [3.8, 4) is 0 Å². The largest absolute Gasteiger partial charge is 0.416 e. The lowest BCUT2D eigenvalue weighted by atomic mass is 9.97. The van der Waals surface area contributed by atoms with Gasteiger partial charge in [-0.05, 0) is 44.1 Å². The van der Waals surface area contributed by atoms with Crippen LogP contribution in [0.4, 0.5) is 24.5 Å². The molecular weight excluding hydrogens is 366 g/mol. The zero-order valence-corrected chi connectivity index (χ0v) is 15.1. The van der Waals surface area contributed by atoms with Gasteiger partial charge in [0.05, 0.1) is 16.9 Å². The molecule has 1 aliphatic rings. The number of alkyl halides is 3. The smallest absolute Gasteiger partial charge is 0.376 e. The Morgan fingerprint density at radius 2 is 1.79 bits per heavy atom. The van der Waals surface area contributed by atoms with Crippen LogP contribution in [0.25, 0.3) is 0 Å². The first-order chi connectivity index (χ1) is 10.3. The highest BCUT2D eigenvalue weighted by Crippen LogP contribution is 2.35. The summed E-state index contributed by atoms with van der Waals surface area (Å²) in [6, 6.07) is 3.39. The van der Waals surface area contributed by atoms with Crippen molar-refractivity contribution in [3.05, 3.63) is 23.8 Å². The molecular formula is C15H22Cl2F3N3O. The van der Waals surface area contributed by atoms with E-state index >= 15 is 0 Å². The summed E-state index contributed by atoms with van der Waals surface area (Å²) >= 11 is 0. The minimum atomic E-state index is -4.43. The fourth-order valence-electron chi connectivity index (χ4n) is 2.52. The van der Waals surface area contributed by atoms with Crippen LogP contribution in [-0.2, 0) is 11.0 Å². The van der Waals surface area contributed by atoms with E-state index in [0.29, 0.717) is 18.5 Å². The van der Waals surface area contributed by atoms with Crippen molar-refractivity contribution in [1.29, 1.82) is 0 Å². The van der Waals surface area contributed by atoms with Gasteiger partial charge in [-0.1, -0.05) is 0 Å². The van der Waals surface area contributed by atoms with Gasteiger partial charge >= 0.3 is 6.18 Å². The molecule has 0 aliphatic carbocycles. The Labute approximate surface area is 152 Å². The molecule has 1 aromatic rings. The van der Waals surface area contributed by atoms with E-state index < -0.39 is 11.7 Å². The summed E-state index contributed by atoms with van der Waals surface area (Å²) in [6.07, 6.45) is -3.04. The van der Waals surface area contributed by atoms with Gasteiger partial charge in [0.2, 0.25) is 5.91 Å². The number of halogens is 5. The number of nitrogens with zero attached hydrogens (tertiary/aromatic N) is 1. The predicted molar refractivity (Wildman–Crippen MR) is 94.5 cm³/mol. The molecule has 1 saturated heterocycles. The molecule has 0 bridgehead atoms. The molecule has 2 N–H and O–H groups in total. The van der Waals surface area contributed by atoms with Crippen molar-refractivity contribution in [2.75, 3.05) is 37.4 Å². The summed E-state index contributed by atoms with van der Waals surface area (Å²) in [5.74, 6) is -0.380. The number of carbonyl (C=O) groups excluding carboxylic acids is 1. The highest BCUT2D eigenvalue weighted by Gasteiger charge is 2.31. The molecule has 9 heteroatoms. The summed E-state index contributed by atoms with van der Waals surface area (Å²) < 4.78 is 38.6. The third-order valence-electron chi connectivity index (χ3n) is 3.77. The van der Waals surface area contributed by atoms with Gasteiger partial charge in [0.1, 0.15) is 0 Å². The Morgan fingerprint density at radius 3 is 2.29 bits per heavy atom. The highest BCUT2D eigenvalue weighted by molar-refractivity contribution is 5.96. The van der Waals surface area contributed by atoms with Gasteiger partial charge in [0, 0.05) is 20.0 Å². The number of rotatable bonds is 3. The van der Waals surface area contributed by atoms with Gasteiger partial charge in [-0.25, -0.2) is 0 Å². The first-order valence-electron chi connectivity index (χ1n) is 7.19. The molecule has 0 aromatic heterocycles. The van der Waals surface area contributed by atoms with Crippen LogP contribution in [0.5, 0.6) is 0 Å². The van der Waals surface area contributed by atoms with Crippen LogP contribution in [0.15, 0.2) is 18.2 Å². The Kier molecular flexibility index (Phi) is 8.88. The third-order valence-corrected chi connectivity index (χ3v) is 3.77.